The van der Waals surface area contributed by atoms with Crippen LogP contribution in [0, 0.1) is 0 Å². The van der Waals surface area contributed by atoms with Gasteiger partial charge in [0.15, 0.2) is 0 Å². The van der Waals surface area contributed by atoms with E-state index in [1.54, 1.807) is 18.2 Å². The standard InChI is InChI=1S/C16H20N2O3S/c19-16-10-7-12-11-14(8-9-15(12)17-16)22(20,21)18-13-5-3-1-2-4-6-13/h7-11,13,18H,1-6H2,(H,17,19). The van der Waals surface area contributed by atoms with Crippen molar-refractivity contribution >= 4 is 20.9 Å². The molecule has 2 aromatic rings. The molecular formula is C16H20N2O3S. The summed E-state index contributed by atoms with van der Waals surface area (Å²) in [6.45, 7) is 0. The average molecular weight is 320 g/mol. The number of hydrogen-bond donors (Lipinski definition) is 2. The molecule has 1 fully saturated rings. The lowest BCUT2D eigenvalue weighted by Gasteiger charge is -2.16. The maximum atomic E-state index is 12.5. The third-order valence-electron chi connectivity index (χ3n) is 4.18. The minimum atomic E-state index is -3.52. The van der Waals surface area contributed by atoms with Crippen molar-refractivity contribution in [3.8, 4) is 0 Å². The van der Waals surface area contributed by atoms with Crippen LogP contribution in [0.25, 0.3) is 10.9 Å². The lowest BCUT2D eigenvalue weighted by molar-refractivity contribution is 0.510. The first-order valence-electron chi connectivity index (χ1n) is 7.70. The van der Waals surface area contributed by atoms with E-state index in [2.05, 4.69) is 9.71 Å². The van der Waals surface area contributed by atoms with E-state index in [4.69, 9.17) is 0 Å². The summed E-state index contributed by atoms with van der Waals surface area (Å²) in [5, 5.41) is 0.711. The second kappa shape index (κ2) is 6.22. The number of sulfonamides is 1. The van der Waals surface area contributed by atoms with Crippen LogP contribution in [0.4, 0.5) is 0 Å². The van der Waals surface area contributed by atoms with Crippen molar-refractivity contribution in [3.05, 3.63) is 40.7 Å². The zero-order valence-electron chi connectivity index (χ0n) is 12.3. The molecule has 0 radical (unpaired) electrons. The SMILES string of the molecule is O=c1ccc2cc(S(=O)(=O)NC3CCCCCC3)ccc2[nH]1. The summed E-state index contributed by atoms with van der Waals surface area (Å²) < 4.78 is 27.9. The Morgan fingerprint density at radius 2 is 1.73 bits per heavy atom. The van der Waals surface area contributed by atoms with E-state index >= 15 is 0 Å². The molecule has 1 aromatic heterocycles. The summed E-state index contributed by atoms with van der Waals surface area (Å²) in [7, 11) is -3.52. The summed E-state index contributed by atoms with van der Waals surface area (Å²) in [6, 6.07) is 7.84. The van der Waals surface area contributed by atoms with Crippen LogP contribution in [-0.4, -0.2) is 19.4 Å². The molecule has 0 spiro atoms. The molecule has 6 heteroatoms. The average Bonchev–Trinajstić information content (AvgIpc) is 2.74. The molecule has 22 heavy (non-hydrogen) atoms. The van der Waals surface area contributed by atoms with Crippen LogP contribution in [-0.2, 0) is 10.0 Å². The van der Waals surface area contributed by atoms with Crippen LogP contribution < -0.4 is 10.3 Å². The quantitative estimate of drug-likeness (QED) is 0.853. The summed E-state index contributed by atoms with van der Waals surface area (Å²) in [5.41, 5.74) is 0.445. The number of aromatic amines is 1. The molecule has 0 saturated heterocycles. The van der Waals surface area contributed by atoms with E-state index in [-0.39, 0.29) is 16.5 Å². The predicted octanol–water partition coefficient (Wildman–Crippen LogP) is 2.53. The van der Waals surface area contributed by atoms with Gasteiger partial charge < -0.3 is 4.98 Å². The molecule has 1 heterocycles. The van der Waals surface area contributed by atoms with Gasteiger partial charge in [0.1, 0.15) is 0 Å². The maximum Gasteiger partial charge on any atom is 0.248 e. The Morgan fingerprint density at radius 3 is 2.45 bits per heavy atom. The third-order valence-corrected chi connectivity index (χ3v) is 5.70. The van der Waals surface area contributed by atoms with Crippen LogP contribution in [0.2, 0.25) is 0 Å². The van der Waals surface area contributed by atoms with Crippen LogP contribution >= 0.6 is 0 Å². The first-order chi connectivity index (χ1) is 10.5. The van der Waals surface area contributed by atoms with Gasteiger partial charge in [-0.3, -0.25) is 4.79 Å². The van der Waals surface area contributed by atoms with Gasteiger partial charge in [-0.25, -0.2) is 13.1 Å². The lowest BCUT2D eigenvalue weighted by atomic mass is 10.1. The lowest BCUT2D eigenvalue weighted by Crippen LogP contribution is -2.34. The Hall–Kier alpha value is -1.66. The van der Waals surface area contributed by atoms with Crippen molar-refractivity contribution < 1.29 is 8.42 Å². The number of aromatic nitrogens is 1. The first-order valence-corrected chi connectivity index (χ1v) is 9.18. The highest BCUT2D eigenvalue weighted by molar-refractivity contribution is 7.89. The van der Waals surface area contributed by atoms with Gasteiger partial charge in [0.05, 0.1) is 4.90 Å². The number of pyridine rings is 1. The van der Waals surface area contributed by atoms with Crippen LogP contribution in [0.1, 0.15) is 38.5 Å². The van der Waals surface area contributed by atoms with Gasteiger partial charge in [-0.2, -0.15) is 0 Å². The first kappa shape index (κ1) is 15.2. The van der Waals surface area contributed by atoms with E-state index < -0.39 is 10.0 Å². The second-order valence-electron chi connectivity index (χ2n) is 5.88. The fourth-order valence-electron chi connectivity index (χ4n) is 2.98. The summed E-state index contributed by atoms with van der Waals surface area (Å²) in [4.78, 5) is 14.2. The fraction of sp³-hybridized carbons (Fsp3) is 0.438. The van der Waals surface area contributed by atoms with Crippen LogP contribution in [0.3, 0.4) is 0 Å². The van der Waals surface area contributed by atoms with Gasteiger partial charge >= 0.3 is 0 Å². The monoisotopic (exact) mass is 320 g/mol. The number of rotatable bonds is 3. The fourth-order valence-corrected chi connectivity index (χ4v) is 4.32. The summed E-state index contributed by atoms with van der Waals surface area (Å²) in [5.74, 6) is 0. The number of H-pyrrole nitrogens is 1. The molecule has 0 aliphatic heterocycles. The van der Waals surface area contributed by atoms with Gasteiger partial charge in [0, 0.05) is 17.6 Å². The molecule has 0 bridgehead atoms. The van der Waals surface area contributed by atoms with Crippen LogP contribution in [0.5, 0.6) is 0 Å². The van der Waals surface area contributed by atoms with E-state index in [0.717, 1.165) is 25.7 Å². The molecule has 0 amide bonds. The Balaban J connectivity index is 1.87. The van der Waals surface area contributed by atoms with E-state index in [1.165, 1.54) is 25.0 Å². The molecule has 1 saturated carbocycles. The second-order valence-corrected chi connectivity index (χ2v) is 7.60. The highest BCUT2D eigenvalue weighted by atomic mass is 32.2. The Labute approximate surface area is 129 Å². The zero-order chi connectivity index (χ0) is 15.6. The van der Waals surface area contributed by atoms with Crippen LogP contribution in [0.15, 0.2) is 40.0 Å². The molecule has 1 aliphatic rings. The Kier molecular flexibility index (Phi) is 4.31. The molecule has 5 nitrogen and oxygen atoms in total. The molecule has 0 unspecified atom stereocenters. The van der Waals surface area contributed by atoms with Gasteiger partial charge in [0.2, 0.25) is 15.6 Å². The van der Waals surface area contributed by atoms with Crippen molar-refractivity contribution in [1.29, 1.82) is 0 Å². The Morgan fingerprint density at radius 1 is 1.00 bits per heavy atom. The summed E-state index contributed by atoms with van der Waals surface area (Å²) in [6.07, 6.45) is 6.32. The van der Waals surface area contributed by atoms with E-state index in [0.29, 0.717) is 10.9 Å². The van der Waals surface area contributed by atoms with Crippen molar-refractivity contribution in [2.45, 2.75) is 49.5 Å². The maximum absolute atomic E-state index is 12.5. The zero-order valence-corrected chi connectivity index (χ0v) is 13.2. The largest absolute Gasteiger partial charge is 0.322 e. The smallest absolute Gasteiger partial charge is 0.248 e. The minimum Gasteiger partial charge on any atom is -0.322 e. The molecule has 1 aliphatic carbocycles. The van der Waals surface area contributed by atoms with Crippen molar-refractivity contribution in [2.24, 2.45) is 0 Å². The minimum absolute atomic E-state index is 0.0266. The molecule has 0 atom stereocenters. The highest BCUT2D eigenvalue weighted by Gasteiger charge is 2.21. The molecular weight excluding hydrogens is 300 g/mol. The number of benzene rings is 1. The normalized spacial score (nSPS) is 17.5. The van der Waals surface area contributed by atoms with Gasteiger partial charge in [-0.1, -0.05) is 25.7 Å². The van der Waals surface area contributed by atoms with Gasteiger partial charge in [0.25, 0.3) is 0 Å². The Bertz CT molecular complexity index is 819. The van der Waals surface area contributed by atoms with Crippen molar-refractivity contribution in [3.63, 3.8) is 0 Å². The van der Waals surface area contributed by atoms with E-state index in [1.807, 2.05) is 0 Å². The molecule has 118 valence electrons. The third kappa shape index (κ3) is 3.39. The number of nitrogens with one attached hydrogen (secondary N) is 2. The van der Waals surface area contributed by atoms with Crippen molar-refractivity contribution in [2.75, 3.05) is 0 Å². The molecule has 3 rings (SSSR count). The topological polar surface area (TPSA) is 79.0 Å². The molecule has 2 N–H and O–H groups in total. The summed E-state index contributed by atoms with van der Waals surface area (Å²) >= 11 is 0. The van der Waals surface area contributed by atoms with Gasteiger partial charge in [-0.05, 0) is 42.5 Å². The highest BCUT2D eigenvalue weighted by Crippen LogP contribution is 2.21. The van der Waals surface area contributed by atoms with E-state index in [9.17, 15) is 13.2 Å². The van der Waals surface area contributed by atoms with Gasteiger partial charge in [-0.15, -0.1) is 0 Å². The number of hydrogen-bond acceptors (Lipinski definition) is 3. The molecule has 1 aromatic carbocycles. The van der Waals surface area contributed by atoms with Crippen molar-refractivity contribution in [1.82, 2.24) is 9.71 Å². The predicted molar refractivity (Wildman–Crippen MR) is 86.4 cm³/mol. The number of fused-ring (bicyclic) bond motifs is 1.